The normalized spacial score (nSPS) is 11.4. The molecule has 39 heavy (non-hydrogen) atoms. The van der Waals surface area contributed by atoms with Crippen molar-refractivity contribution < 1.29 is 17.1 Å². The van der Waals surface area contributed by atoms with Gasteiger partial charge in [0.05, 0.1) is 0 Å². The first-order valence-electron chi connectivity index (χ1n) is 13.0. The Morgan fingerprint density at radius 2 is 0.846 bits per heavy atom. The molecular weight excluding hydrogens is 550 g/mol. The predicted octanol–water partition coefficient (Wildman–Crippen LogP) is 7.76. The van der Waals surface area contributed by atoms with Crippen LogP contribution in [0.25, 0.3) is 0 Å². The van der Waals surface area contributed by atoms with Gasteiger partial charge < -0.3 is 30.3 Å². The summed E-state index contributed by atoms with van der Waals surface area (Å²) in [5.74, 6) is 0. The zero-order valence-corrected chi connectivity index (χ0v) is 24.9. The van der Waals surface area contributed by atoms with Gasteiger partial charge in [0.1, 0.15) is 0 Å². The van der Waals surface area contributed by atoms with E-state index >= 15 is 0 Å². The van der Waals surface area contributed by atoms with E-state index in [1.165, 1.54) is 32.1 Å². The minimum atomic E-state index is -0.614. The molecule has 0 radical (unpaired) electrons. The quantitative estimate of drug-likeness (QED) is 0.103. The first-order valence-corrected chi connectivity index (χ1v) is 15.8. The molecule has 0 N–H and O–H groups in total. The van der Waals surface area contributed by atoms with E-state index < -0.39 is 15.8 Å². The van der Waals surface area contributed by atoms with Crippen LogP contribution in [-0.4, -0.2) is 0 Å². The Morgan fingerprint density at radius 1 is 0.487 bits per heavy atom. The maximum atomic E-state index is 2.42. The van der Waals surface area contributed by atoms with E-state index in [-0.39, 0.29) is 17.1 Å². The largest absolute Gasteiger partial charge is 0.748 e. The van der Waals surface area contributed by atoms with Crippen molar-refractivity contribution in [1.29, 1.82) is 0 Å². The second-order valence-corrected chi connectivity index (χ2v) is 13.8. The second kappa shape index (κ2) is 14.9. The fraction of sp³-hybridized carbons (Fsp3) is 0.0556. The maximum Gasteiger partial charge on any atom is 0 e. The Hall–Kier alpha value is -3.04. The molecule has 0 aliphatic rings. The minimum absolute atomic E-state index is 0. The Bertz CT molecular complexity index is 1360. The van der Waals surface area contributed by atoms with Crippen molar-refractivity contribution >= 4 is 42.4 Å². The summed E-state index contributed by atoms with van der Waals surface area (Å²) in [6.45, 7) is 2.42. The predicted molar refractivity (Wildman–Crippen MR) is 170 cm³/mol. The molecule has 0 bridgehead atoms. The maximum absolute atomic E-state index is 2.42. The van der Waals surface area contributed by atoms with Crippen molar-refractivity contribution in [2.75, 3.05) is 0 Å². The topological polar surface area (TPSA) is 0 Å². The summed E-state index contributed by atoms with van der Waals surface area (Å²) in [4.78, 5) is 0. The third kappa shape index (κ3) is 7.33. The van der Waals surface area contributed by atoms with Crippen molar-refractivity contribution in [3.05, 3.63) is 175 Å². The van der Waals surface area contributed by atoms with Gasteiger partial charge in [-0.05, 0) is 42.7 Å². The van der Waals surface area contributed by atoms with E-state index in [1.807, 2.05) is 30.3 Å². The van der Waals surface area contributed by atoms with Crippen LogP contribution >= 0.6 is 15.8 Å². The van der Waals surface area contributed by atoms with Crippen molar-refractivity contribution in [2.45, 2.75) is 12.6 Å². The number of hydrogen-bond donors (Lipinski definition) is 0. The third-order valence-corrected chi connectivity index (χ3v) is 11.8. The van der Waals surface area contributed by atoms with Crippen LogP contribution in [0.15, 0.2) is 170 Å². The van der Waals surface area contributed by atoms with Gasteiger partial charge in [-0.2, -0.15) is 6.07 Å². The molecule has 3 heteroatoms. The summed E-state index contributed by atoms with van der Waals surface area (Å²) >= 11 is 0. The standard InChI is InChI=1S/C31H27P2.C5H5.Fe/c1-25(32(26-15-6-2-7-16-26)27-17-8-3-9-18-27)30-23-14-24-31(30)33(28-19-10-4-11-20-28)29-21-12-5-13-22-29;1-2-4-5-3-1;/h2-25H,1H3;1-5H;/q-1;-5;. The summed E-state index contributed by atoms with van der Waals surface area (Å²) in [6, 6.07) is 61.2. The van der Waals surface area contributed by atoms with Crippen LogP contribution in [0.3, 0.4) is 0 Å². The van der Waals surface area contributed by atoms with Crippen LogP contribution in [0.1, 0.15) is 18.1 Å². The molecular formula is C36H32FeP2-6. The van der Waals surface area contributed by atoms with Gasteiger partial charge in [0.25, 0.3) is 0 Å². The summed E-state index contributed by atoms with van der Waals surface area (Å²) in [7, 11) is -1.15. The molecule has 0 heterocycles. The van der Waals surface area contributed by atoms with Crippen molar-refractivity contribution in [2.24, 2.45) is 0 Å². The van der Waals surface area contributed by atoms with Gasteiger partial charge in [0, 0.05) is 17.1 Å². The average molecular weight is 582 g/mol. The Morgan fingerprint density at radius 3 is 1.23 bits per heavy atom. The zero-order chi connectivity index (χ0) is 26.0. The third-order valence-electron chi connectivity index (χ3n) is 6.56. The molecule has 200 valence electrons. The molecule has 0 aliphatic heterocycles. The van der Waals surface area contributed by atoms with Gasteiger partial charge >= 0.3 is 0 Å². The summed E-state index contributed by atoms with van der Waals surface area (Å²) in [6.07, 6.45) is 0. The van der Waals surface area contributed by atoms with Crippen molar-refractivity contribution in [3.8, 4) is 0 Å². The van der Waals surface area contributed by atoms with Crippen LogP contribution < -0.4 is 26.5 Å². The molecule has 0 aliphatic carbocycles. The summed E-state index contributed by atoms with van der Waals surface area (Å²) in [5.41, 5.74) is 1.89. The second-order valence-electron chi connectivity index (χ2n) is 9.05. The van der Waals surface area contributed by atoms with E-state index in [4.69, 9.17) is 0 Å². The van der Waals surface area contributed by atoms with Crippen LogP contribution in [0.2, 0.25) is 0 Å². The molecule has 6 rings (SSSR count). The van der Waals surface area contributed by atoms with Crippen LogP contribution in [-0.2, 0) is 17.1 Å². The van der Waals surface area contributed by atoms with Crippen LogP contribution in [0.5, 0.6) is 0 Å². The molecule has 0 aromatic heterocycles. The molecule has 0 saturated heterocycles. The SMILES string of the molecule is CC([c-]1cccc1P(c1ccccc1)c1ccccc1)P(c1ccccc1)c1ccccc1.[Fe].[cH-]1[cH-][cH-][cH-][cH-]1. The minimum Gasteiger partial charge on any atom is -0.748 e. The number of hydrogen-bond acceptors (Lipinski definition) is 0. The Balaban J connectivity index is 0.000000530. The molecule has 0 spiro atoms. The molecule has 1 unspecified atom stereocenters. The smallest absolute Gasteiger partial charge is 0 e. The van der Waals surface area contributed by atoms with Gasteiger partial charge in [0.2, 0.25) is 0 Å². The van der Waals surface area contributed by atoms with E-state index in [0.717, 1.165) is 0 Å². The molecule has 6 aromatic carbocycles. The van der Waals surface area contributed by atoms with Gasteiger partial charge in [0.15, 0.2) is 0 Å². The van der Waals surface area contributed by atoms with E-state index in [2.05, 4.69) is 146 Å². The Kier molecular flexibility index (Phi) is 11.1. The molecule has 1 atom stereocenters. The number of benzene rings is 4. The van der Waals surface area contributed by atoms with Crippen LogP contribution in [0, 0.1) is 0 Å². The molecule has 0 nitrogen and oxygen atoms in total. The van der Waals surface area contributed by atoms with Gasteiger partial charge in [-0.15, -0.1) is 10.9 Å². The van der Waals surface area contributed by atoms with Gasteiger partial charge in [-0.3, -0.25) is 0 Å². The van der Waals surface area contributed by atoms with Crippen LogP contribution in [0.4, 0.5) is 0 Å². The first-order chi connectivity index (χ1) is 18.8. The van der Waals surface area contributed by atoms with Crippen molar-refractivity contribution in [1.82, 2.24) is 0 Å². The zero-order valence-electron chi connectivity index (χ0n) is 22.0. The Labute approximate surface area is 246 Å². The summed E-state index contributed by atoms with van der Waals surface area (Å²) in [5, 5.41) is 7.16. The van der Waals surface area contributed by atoms with Crippen molar-refractivity contribution in [3.63, 3.8) is 0 Å². The first kappa shape index (κ1) is 29.0. The van der Waals surface area contributed by atoms with E-state index in [9.17, 15) is 0 Å². The molecule has 0 saturated carbocycles. The van der Waals surface area contributed by atoms with Gasteiger partial charge in [-0.1, -0.05) is 128 Å². The fourth-order valence-electron chi connectivity index (χ4n) is 4.80. The van der Waals surface area contributed by atoms with Gasteiger partial charge in [-0.25, -0.2) is 12.1 Å². The monoisotopic (exact) mass is 582 g/mol. The van der Waals surface area contributed by atoms with E-state index in [0.29, 0.717) is 5.66 Å². The summed E-state index contributed by atoms with van der Waals surface area (Å²) < 4.78 is 0. The van der Waals surface area contributed by atoms with E-state index in [1.54, 1.807) is 0 Å². The average Bonchev–Trinajstić information content (AvgIpc) is 3.72. The molecule has 0 amide bonds. The fourth-order valence-corrected chi connectivity index (χ4v) is 10.1. The molecule has 0 fully saturated rings. The number of rotatable bonds is 7. The molecule has 6 aromatic rings.